The topological polar surface area (TPSA) is 36.9 Å². The highest BCUT2D eigenvalue weighted by Crippen LogP contribution is 2.25. The fourth-order valence-corrected chi connectivity index (χ4v) is 2.51. The first-order chi connectivity index (χ1) is 8.42. The Labute approximate surface area is 116 Å². The van der Waals surface area contributed by atoms with E-state index in [0.717, 1.165) is 17.2 Å². The number of nitrogens with one attached hydrogen (secondary N) is 1. The molecule has 0 amide bonds. The van der Waals surface area contributed by atoms with Gasteiger partial charge in [0.15, 0.2) is 10.6 Å². The first-order valence-corrected chi connectivity index (χ1v) is 7.07. The molecule has 98 valence electrons. The van der Waals surface area contributed by atoms with Gasteiger partial charge in [0.1, 0.15) is 0 Å². The van der Waals surface area contributed by atoms with Crippen LogP contribution in [0, 0.1) is 4.77 Å². The van der Waals surface area contributed by atoms with Crippen molar-refractivity contribution in [1.82, 2.24) is 19.7 Å². The molecule has 0 aliphatic heterocycles. The molecule has 2 aromatic heterocycles. The quantitative estimate of drug-likeness (QED) is 0.876. The molecule has 4 nitrogen and oxygen atoms in total. The minimum absolute atomic E-state index is 0.0219. The first kappa shape index (κ1) is 13.5. The SMILES string of the molecule is CN(C)C(C)(C)Cn1c(-c2cccs2)n[nH]c1=S. The van der Waals surface area contributed by atoms with Crippen LogP contribution in [0.25, 0.3) is 10.7 Å². The van der Waals surface area contributed by atoms with Gasteiger partial charge in [0.05, 0.1) is 4.88 Å². The molecule has 2 rings (SSSR count). The van der Waals surface area contributed by atoms with Gasteiger partial charge < -0.3 is 4.90 Å². The molecule has 0 spiro atoms. The maximum absolute atomic E-state index is 5.33. The van der Waals surface area contributed by atoms with Crippen molar-refractivity contribution in [3.8, 4) is 10.7 Å². The van der Waals surface area contributed by atoms with E-state index in [1.54, 1.807) is 11.3 Å². The smallest absolute Gasteiger partial charge is 0.195 e. The molecule has 2 heterocycles. The van der Waals surface area contributed by atoms with Crippen molar-refractivity contribution in [2.75, 3.05) is 14.1 Å². The zero-order chi connectivity index (χ0) is 13.3. The predicted molar refractivity (Wildman–Crippen MR) is 78.5 cm³/mol. The molecule has 0 unspecified atom stereocenters. The van der Waals surface area contributed by atoms with Gasteiger partial charge in [0, 0.05) is 12.1 Å². The van der Waals surface area contributed by atoms with Crippen molar-refractivity contribution in [3.63, 3.8) is 0 Å². The summed E-state index contributed by atoms with van der Waals surface area (Å²) in [6, 6.07) is 4.09. The van der Waals surface area contributed by atoms with Crippen molar-refractivity contribution < 1.29 is 0 Å². The van der Waals surface area contributed by atoms with Crippen molar-refractivity contribution in [1.29, 1.82) is 0 Å². The molecule has 1 N–H and O–H groups in total. The molecule has 0 saturated carbocycles. The number of thiophene rings is 1. The second kappa shape index (κ2) is 4.95. The molecule has 6 heteroatoms. The molecule has 0 aliphatic rings. The van der Waals surface area contributed by atoms with E-state index in [-0.39, 0.29) is 5.54 Å². The Hall–Kier alpha value is -0.980. The lowest BCUT2D eigenvalue weighted by Gasteiger charge is -2.33. The summed E-state index contributed by atoms with van der Waals surface area (Å²) >= 11 is 7.01. The Morgan fingerprint density at radius 3 is 2.78 bits per heavy atom. The minimum atomic E-state index is 0.0219. The second-order valence-electron chi connectivity index (χ2n) is 5.12. The molecule has 0 aromatic carbocycles. The van der Waals surface area contributed by atoms with E-state index >= 15 is 0 Å². The van der Waals surface area contributed by atoms with Crippen molar-refractivity contribution in [3.05, 3.63) is 22.3 Å². The van der Waals surface area contributed by atoms with Gasteiger partial charge in [-0.1, -0.05) is 6.07 Å². The zero-order valence-corrected chi connectivity index (χ0v) is 12.7. The van der Waals surface area contributed by atoms with E-state index < -0.39 is 0 Å². The van der Waals surface area contributed by atoms with Crippen LogP contribution in [0.3, 0.4) is 0 Å². The molecule has 0 atom stereocenters. The highest BCUT2D eigenvalue weighted by molar-refractivity contribution is 7.71. The summed E-state index contributed by atoms with van der Waals surface area (Å²) in [6.07, 6.45) is 0. The number of rotatable bonds is 4. The molecule has 18 heavy (non-hydrogen) atoms. The van der Waals surface area contributed by atoms with E-state index in [4.69, 9.17) is 12.2 Å². The fourth-order valence-electron chi connectivity index (χ4n) is 1.59. The molecule has 0 bridgehead atoms. The largest absolute Gasteiger partial charge is 0.302 e. The summed E-state index contributed by atoms with van der Waals surface area (Å²) in [5.41, 5.74) is 0.0219. The van der Waals surface area contributed by atoms with Gasteiger partial charge in [-0.3, -0.25) is 9.67 Å². The van der Waals surface area contributed by atoms with E-state index in [0.29, 0.717) is 4.77 Å². The second-order valence-corrected chi connectivity index (χ2v) is 6.46. The van der Waals surface area contributed by atoms with Crippen LogP contribution in [-0.2, 0) is 6.54 Å². The maximum Gasteiger partial charge on any atom is 0.195 e. The average Bonchev–Trinajstić information content (AvgIpc) is 2.89. The van der Waals surface area contributed by atoms with E-state index in [2.05, 4.69) is 59.1 Å². The molecule has 0 aliphatic carbocycles. The lowest BCUT2D eigenvalue weighted by molar-refractivity contribution is 0.169. The highest BCUT2D eigenvalue weighted by atomic mass is 32.1. The van der Waals surface area contributed by atoms with E-state index in [1.807, 2.05) is 6.07 Å². The number of hydrogen-bond donors (Lipinski definition) is 1. The Morgan fingerprint density at radius 1 is 1.50 bits per heavy atom. The Bertz CT molecular complexity index is 563. The summed E-state index contributed by atoms with van der Waals surface area (Å²) in [7, 11) is 4.16. The molecular formula is C12H18N4S2. The van der Waals surface area contributed by atoms with Crippen LogP contribution in [0.1, 0.15) is 13.8 Å². The van der Waals surface area contributed by atoms with E-state index in [1.165, 1.54) is 0 Å². The van der Waals surface area contributed by atoms with Gasteiger partial charge in [-0.15, -0.1) is 11.3 Å². The van der Waals surface area contributed by atoms with Crippen LogP contribution in [0.5, 0.6) is 0 Å². The standard InChI is InChI=1S/C12H18N4S2/c1-12(2,15(3)4)8-16-10(13-14-11(16)17)9-6-5-7-18-9/h5-7H,8H2,1-4H3,(H,14,17). The number of aromatic nitrogens is 3. The first-order valence-electron chi connectivity index (χ1n) is 5.78. The molecule has 0 saturated heterocycles. The van der Waals surface area contributed by atoms with Gasteiger partial charge in [-0.05, 0) is 51.6 Å². The lowest BCUT2D eigenvalue weighted by atomic mass is 10.0. The third-order valence-electron chi connectivity index (χ3n) is 3.26. The molecule has 2 aromatic rings. The molecule has 0 fully saturated rings. The number of nitrogens with zero attached hydrogens (tertiary/aromatic N) is 3. The fraction of sp³-hybridized carbons (Fsp3) is 0.500. The zero-order valence-electron chi connectivity index (χ0n) is 11.1. The van der Waals surface area contributed by atoms with Crippen molar-refractivity contribution in [2.24, 2.45) is 0 Å². The van der Waals surface area contributed by atoms with Crippen LogP contribution < -0.4 is 0 Å². The van der Waals surface area contributed by atoms with Crippen LogP contribution in [0.15, 0.2) is 17.5 Å². The Morgan fingerprint density at radius 2 is 2.22 bits per heavy atom. The van der Waals surface area contributed by atoms with Crippen LogP contribution in [0.4, 0.5) is 0 Å². The maximum atomic E-state index is 5.33. The number of hydrogen-bond acceptors (Lipinski definition) is 4. The van der Waals surface area contributed by atoms with Crippen molar-refractivity contribution >= 4 is 23.6 Å². The predicted octanol–water partition coefficient (Wildman–Crippen LogP) is 3.01. The number of H-pyrrole nitrogens is 1. The average molecular weight is 282 g/mol. The van der Waals surface area contributed by atoms with Crippen LogP contribution in [0.2, 0.25) is 0 Å². The third-order valence-corrected chi connectivity index (χ3v) is 4.43. The monoisotopic (exact) mass is 282 g/mol. The van der Waals surface area contributed by atoms with E-state index in [9.17, 15) is 0 Å². The van der Waals surface area contributed by atoms with Gasteiger partial charge in [-0.25, -0.2) is 0 Å². The summed E-state index contributed by atoms with van der Waals surface area (Å²) < 4.78 is 2.74. The Balaban J connectivity index is 2.40. The summed E-state index contributed by atoms with van der Waals surface area (Å²) in [5.74, 6) is 0.921. The molecule has 0 radical (unpaired) electrons. The summed E-state index contributed by atoms with van der Waals surface area (Å²) in [5, 5.41) is 9.28. The van der Waals surface area contributed by atoms with Crippen molar-refractivity contribution in [2.45, 2.75) is 25.9 Å². The van der Waals surface area contributed by atoms with Gasteiger partial charge in [-0.2, -0.15) is 5.10 Å². The van der Waals surface area contributed by atoms with Gasteiger partial charge >= 0.3 is 0 Å². The summed E-state index contributed by atoms with van der Waals surface area (Å²) in [4.78, 5) is 3.33. The molecular weight excluding hydrogens is 264 g/mol. The van der Waals surface area contributed by atoms with Crippen LogP contribution >= 0.6 is 23.6 Å². The van der Waals surface area contributed by atoms with Gasteiger partial charge in [0.25, 0.3) is 0 Å². The normalized spacial score (nSPS) is 12.3. The highest BCUT2D eigenvalue weighted by Gasteiger charge is 2.23. The minimum Gasteiger partial charge on any atom is -0.302 e. The summed E-state index contributed by atoms with van der Waals surface area (Å²) in [6.45, 7) is 5.20. The number of likely N-dealkylation sites (N-methyl/N-ethyl adjacent to an activating group) is 1. The Kier molecular flexibility index (Phi) is 3.70. The van der Waals surface area contributed by atoms with Crippen LogP contribution in [-0.4, -0.2) is 39.3 Å². The number of aromatic amines is 1. The lowest BCUT2D eigenvalue weighted by Crippen LogP contribution is -2.42. The third kappa shape index (κ3) is 2.55. The van der Waals surface area contributed by atoms with Gasteiger partial charge in [0.2, 0.25) is 0 Å².